The second-order valence-electron chi connectivity index (χ2n) is 3.96. The molecule has 100 valence electrons. The molecule has 0 radical (unpaired) electrons. The molecule has 1 heterocycles. The Balaban J connectivity index is 2.41. The number of nitro benzene ring substituents is 2. The van der Waals surface area contributed by atoms with E-state index in [0.717, 1.165) is 6.07 Å². The fraction of sp³-hybridized carbons (Fsp3) is 0.300. The van der Waals surface area contributed by atoms with Crippen molar-refractivity contribution in [2.45, 2.75) is 0 Å². The molecule has 0 atom stereocenters. The Morgan fingerprint density at radius 1 is 1.21 bits per heavy atom. The molecule has 9 heteroatoms. The van der Waals surface area contributed by atoms with Gasteiger partial charge in [-0.2, -0.15) is 0 Å². The number of rotatable bonds is 3. The highest BCUT2D eigenvalue weighted by atomic mass is 16.6. The first-order valence-corrected chi connectivity index (χ1v) is 5.43. The lowest BCUT2D eigenvalue weighted by Crippen LogP contribution is -2.47. The highest BCUT2D eigenvalue weighted by Gasteiger charge is 2.26. The number of carbonyl (C=O) groups excluding carboxylic acids is 1. The lowest BCUT2D eigenvalue weighted by Gasteiger charge is -2.28. The van der Waals surface area contributed by atoms with Crippen LogP contribution in [-0.4, -0.2) is 35.4 Å². The molecule has 1 aromatic rings. The van der Waals surface area contributed by atoms with Gasteiger partial charge < -0.3 is 10.2 Å². The van der Waals surface area contributed by atoms with Gasteiger partial charge >= 0.3 is 0 Å². The van der Waals surface area contributed by atoms with Crippen LogP contribution in [-0.2, 0) is 4.79 Å². The van der Waals surface area contributed by atoms with E-state index in [2.05, 4.69) is 5.32 Å². The Morgan fingerprint density at radius 3 is 2.53 bits per heavy atom. The molecule has 19 heavy (non-hydrogen) atoms. The van der Waals surface area contributed by atoms with Crippen molar-refractivity contribution >= 4 is 23.0 Å². The summed E-state index contributed by atoms with van der Waals surface area (Å²) in [6.45, 7) is 0.802. The molecule has 1 aliphatic heterocycles. The van der Waals surface area contributed by atoms with Gasteiger partial charge in [0, 0.05) is 19.2 Å². The van der Waals surface area contributed by atoms with E-state index in [9.17, 15) is 25.0 Å². The largest absolute Gasteiger partial charge is 0.355 e. The molecule has 0 unspecified atom stereocenters. The highest BCUT2D eigenvalue weighted by Crippen LogP contribution is 2.32. The summed E-state index contributed by atoms with van der Waals surface area (Å²) in [5.74, 6) is -0.237. The van der Waals surface area contributed by atoms with Crippen molar-refractivity contribution in [2.75, 3.05) is 24.5 Å². The van der Waals surface area contributed by atoms with Crippen molar-refractivity contribution in [3.05, 3.63) is 38.4 Å². The standard InChI is InChI=1S/C10H10N4O5/c15-10-6-12(4-3-11-10)8-2-1-7(13(16)17)5-9(8)14(18)19/h1-2,5H,3-4,6H2,(H,11,15). The predicted octanol–water partition coefficient (Wildman–Crippen LogP) is 0.439. The molecule has 1 N–H and O–H groups in total. The van der Waals surface area contributed by atoms with Crippen LogP contribution in [0, 0.1) is 20.2 Å². The minimum Gasteiger partial charge on any atom is -0.355 e. The van der Waals surface area contributed by atoms with Crippen LogP contribution in [0.3, 0.4) is 0 Å². The van der Waals surface area contributed by atoms with Crippen molar-refractivity contribution in [1.29, 1.82) is 0 Å². The maximum atomic E-state index is 11.3. The van der Waals surface area contributed by atoms with Crippen LogP contribution in [0.4, 0.5) is 17.1 Å². The summed E-state index contributed by atoms with van der Waals surface area (Å²) in [5, 5.41) is 24.2. The summed E-state index contributed by atoms with van der Waals surface area (Å²) in [6.07, 6.45) is 0. The van der Waals surface area contributed by atoms with Crippen molar-refractivity contribution < 1.29 is 14.6 Å². The van der Waals surface area contributed by atoms with E-state index in [4.69, 9.17) is 0 Å². The zero-order chi connectivity index (χ0) is 14.0. The lowest BCUT2D eigenvalue weighted by molar-refractivity contribution is -0.393. The fourth-order valence-electron chi connectivity index (χ4n) is 1.88. The summed E-state index contributed by atoms with van der Waals surface area (Å²) < 4.78 is 0. The Kier molecular flexibility index (Phi) is 3.27. The number of nitrogens with zero attached hydrogens (tertiary/aromatic N) is 3. The van der Waals surface area contributed by atoms with Crippen molar-refractivity contribution in [2.24, 2.45) is 0 Å². The van der Waals surface area contributed by atoms with E-state index in [-0.39, 0.29) is 29.5 Å². The second-order valence-corrected chi connectivity index (χ2v) is 3.96. The molecule has 0 spiro atoms. The topological polar surface area (TPSA) is 119 Å². The third kappa shape index (κ3) is 2.59. The van der Waals surface area contributed by atoms with Gasteiger partial charge in [-0.1, -0.05) is 0 Å². The number of carbonyl (C=O) groups is 1. The number of amides is 1. The molecule has 2 rings (SSSR count). The van der Waals surface area contributed by atoms with Gasteiger partial charge in [0.15, 0.2) is 0 Å². The van der Waals surface area contributed by atoms with Gasteiger partial charge in [0.05, 0.1) is 22.5 Å². The Labute approximate surface area is 107 Å². The first-order valence-electron chi connectivity index (χ1n) is 5.43. The van der Waals surface area contributed by atoms with Gasteiger partial charge in [0.25, 0.3) is 11.4 Å². The predicted molar refractivity (Wildman–Crippen MR) is 65.0 cm³/mol. The maximum Gasteiger partial charge on any atom is 0.299 e. The average Bonchev–Trinajstić information content (AvgIpc) is 2.37. The van der Waals surface area contributed by atoms with Gasteiger partial charge in [0.1, 0.15) is 5.69 Å². The molecule has 1 saturated heterocycles. The number of hydrogen-bond donors (Lipinski definition) is 1. The van der Waals surface area contributed by atoms with E-state index in [1.807, 2.05) is 0 Å². The summed E-state index contributed by atoms with van der Waals surface area (Å²) in [5.41, 5.74) is -0.508. The van der Waals surface area contributed by atoms with Crippen molar-refractivity contribution in [3.63, 3.8) is 0 Å². The van der Waals surface area contributed by atoms with E-state index < -0.39 is 9.85 Å². The van der Waals surface area contributed by atoms with Crippen LogP contribution in [0.5, 0.6) is 0 Å². The van der Waals surface area contributed by atoms with E-state index in [1.165, 1.54) is 17.0 Å². The van der Waals surface area contributed by atoms with Crippen LogP contribution in [0.1, 0.15) is 0 Å². The van der Waals surface area contributed by atoms with Crippen LogP contribution in [0.15, 0.2) is 18.2 Å². The molecule has 1 aromatic carbocycles. The third-order valence-corrected chi connectivity index (χ3v) is 2.75. The fourth-order valence-corrected chi connectivity index (χ4v) is 1.88. The monoisotopic (exact) mass is 266 g/mol. The van der Waals surface area contributed by atoms with Crippen LogP contribution in [0.2, 0.25) is 0 Å². The number of piperazine rings is 1. The number of hydrogen-bond acceptors (Lipinski definition) is 6. The van der Waals surface area contributed by atoms with Gasteiger partial charge in [-0.25, -0.2) is 0 Å². The van der Waals surface area contributed by atoms with E-state index in [0.29, 0.717) is 13.1 Å². The zero-order valence-corrected chi connectivity index (χ0v) is 9.74. The molecule has 0 aliphatic carbocycles. The summed E-state index contributed by atoms with van der Waals surface area (Å²) in [4.78, 5) is 33.0. The first kappa shape index (κ1) is 12.7. The van der Waals surface area contributed by atoms with Crippen LogP contribution in [0.25, 0.3) is 0 Å². The number of nitro groups is 2. The molecule has 0 bridgehead atoms. The molecule has 1 amide bonds. The normalized spacial score (nSPS) is 14.9. The summed E-state index contributed by atoms with van der Waals surface area (Å²) in [7, 11) is 0. The molecular weight excluding hydrogens is 256 g/mol. The van der Waals surface area contributed by atoms with E-state index >= 15 is 0 Å². The Hall–Kier alpha value is -2.71. The first-order chi connectivity index (χ1) is 8.99. The average molecular weight is 266 g/mol. The second kappa shape index (κ2) is 4.88. The summed E-state index contributed by atoms with van der Waals surface area (Å²) >= 11 is 0. The Morgan fingerprint density at radius 2 is 1.95 bits per heavy atom. The van der Waals surface area contributed by atoms with Gasteiger partial charge in [0.2, 0.25) is 5.91 Å². The van der Waals surface area contributed by atoms with Gasteiger partial charge in [-0.15, -0.1) is 0 Å². The molecule has 1 aliphatic rings. The molecule has 1 fully saturated rings. The van der Waals surface area contributed by atoms with Crippen LogP contribution >= 0.6 is 0 Å². The maximum absolute atomic E-state index is 11.3. The minimum atomic E-state index is -0.695. The highest BCUT2D eigenvalue weighted by molar-refractivity contribution is 5.84. The summed E-state index contributed by atoms with van der Waals surface area (Å²) in [6, 6.07) is 3.39. The number of benzene rings is 1. The quantitative estimate of drug-likeness (QED) is 0.626. The molecule has 0 aromatic heterocycles. The SMILES string of the molecule is O=C1CN(c2ccc([N+](=O)[O-])cc2[N+](=O)[O-])CCN1. The minimum absolute atomic E-state index is 0.00134. The number of nitrogens with one attached hydrogen (secondary N) is 1. The van der Waals surface area contributed by atoms with Crippen LogP contribution < -0.4 is 10.2 Å². The Bertz CT molecular complexity index is 559. The molecular formula is C10H10N4O5. The molecule has 9 nitrogen and oxygen atoms in total. The zero-order valence-electron chi connectivity index (χ0n) is 9.74. The van der Waals surface area contributed by atoms with Crippen molar-refractivity contribution in [3.8, 4) is 0 Å². The number of non-ortho nitro benzene ring substituents is 1. The number of anilines is 1. The third-order valence-electron chi connectivity index (χ3n) is 2.75. The smallest absolute Gasteiger partial charge is 0.299 e. The van der Waals surface area contributed by atoms with Gasteiger partial charge in [-0.05, 0) is 6.07 Å². The van der Waals surface area contributed by atoms with E-state index in [1.54, 1.807) is 0 Å². The lowest BCUT2D eigenvalue weighted by atomic mass is 10.2. The van der Waals surface area contributed by atoms with Crippen molar-refractivity contribution in [1.82, 2.24) is 5.32 Å². The molecule has 0 saturated carbocycles. The van der Waals surface area contributed by atoms with Gasteiger partial charge in [-0.3, -0.25) is 25.0 Å².